The van der Waals surface area contributed by atoms with E-state index in [1.807, 2.05) is 0 Å². The van der Waals surface area contributed by atoms with Crippen LogP contribution in [-0.2, 0) is 9.59 Å². The number of aromatic hydroxyl groups is 2. The van der Waals surface area contributed by atoms with Crippen LogP contribution in [0, 0.1) is 0 Å². The summed E-state index contributed by atoms with van der Waals surface area (Å²) in [4.78, 5) is 23.6. The van der Waals surface area contributed by atoms with Gasteiger partial charge in [0.15, 0.2) is 23.1 Å². The standard InChI is InChI=1S/C20H18O5/c1-25-20-10-7-15(12-19(20)24)6-9-18(23)13-17(22)8-5-14-3-2-4-16(21)11-14/h2-12,21,24H,13H2,1H3. The minimum Gasteiger partial charge on any atom is -0.508 e. The van der Waals surface area contributed by atoms with Crippen LogP contribution in [0.25, 0.3) is 12.2 Å². The third kappa shape index (κ3) is 5.66. The maximum Gasteiger partial charge on any atom is 0.163 e. The van der Waals surface area contributed by atoms with Gasteiger partial charge in [-0.1, -0.05) is 30.4 Å². The van der Waals surface area contributed by atoms with Crippen molar-refractivity contribution < 1.29 is 24.5 Å². The van der Waals surface area contributed by atoms with Crippen LogP contribution in [0.15, 0.2) is 54.6 Å². The summed E-state index contributed by atoms with van der Waals surface area (Å²) in [7, 11) is 1.45. The van der Waals surface area contributed by atoms with Crippen molar-refractivity contribution in [3.05, 3.63) is 65.7 Å². The van der Waals surface area contributed by atoms with Crippen molar-refractivity contribution in [3.8, 4) is 17.2 Å². The molecule has 2 aromatic rings. The highest BCUT2D eigenvalue weighted by molar-refractivity contribution is 6.10. The number of carbonyl (C=O) groups is 2. The molecule has 0 atom stereocenters. The molecule has 5 nitrogen and oxygen atoms in total. The number of ether oxygens (including phenoxy) is 1. The van der Waals surface area contributed by atoms with Crippen molar-refractivity contribution in [2.45, 2.75) is 6.42 Å². The number of hydrogen-bond acceptors (Lipinski definition) is 5. The van der Waals surface area contributed by atoms with Gasteiger partial charge in [0.25, 0.3) is 0 Å². The maximum absolute atomic E-state index is 11.8. The molecule has 2 N–H and O–H groups in total. The van der Waals surface area contributed by atoms with Gasteiger partial charge in [-0.15, -0.1) is 0 Å². The van der Waals surface area contributed by atoms with Crippen LogP contribution in [0.4, 0.5) is 0 Å². The van der Waals surface area contributed by atoms with Crippen molar-refractivity contribution in [1.82, 2.24) is 0 Å². The summed E-state index contributed by atoms with van der Waals surface area (Å²) in [6, 6.07) is 11.2. The first-order valence-electron chi connectivity index (χ1n) is 7.56. The minimum atomic E-state index is -0.346. The number of rotatable bonds is 7. The highest BCUT2D eigenvalue weighted by atomic mass is 16.5. The van der Waals surface area contributed by atoms with Crippen molar-refractivity contribution in [1.29, 1.82) is 0 Å². The predicted molar refractivity (Wildman–Crippen MR) is 95.5 cm³/mol. The summed E-state index contributed by atoms with van der Waals surface area (Å²) in [5.74, 6) is -0.259. The zero-order chi connectivity index (χ0) is 18.2. The van der Waals surface area contributed by atoms with Crippen molar-refractivity contribution in [3.63, 3.8) is 0 Å². The maximum atomic E-state index is 11.8. The lowest BCUT2D eigenvalue weighted by atomic mass is 10.1. The lowest BCUT2D eigenvalue weighted by Crippen LogP contribution is -2.01. The Labute approximate surface area is 145 Å². The first-order valence-corrected chi connectivity index (χ1v) is 7.56. The lowest BCUT2D eigenvalue weighted by molar-refractivity contribution is -0.121. The molecule has 0 aliphatic carbocycles. The Morgan fingerprint density at radius 1 is 0.960 bits per heavy atom. The zero-order valence-corrected chi connectivity index (χ0v) is 13.7. The number of carbonyl (C=O) groups excluding carboxylic acids is 2. The predicted octanol–water partition coefficient (Wildman–Crippen LogP) is 3.36. The molecular weight excluding hydrogens is 320 g/mol. The summed E-state index contributed by atoms with van der Waals surface area (Å²) in [6.45, 7) is 0. The molecule has 25 heavy (non-hydrogen) atoms. The molecular formula is C20H18O5. The van der Waals surface area contributed by atoms with Gasteiger partial charge < -0.3 is 14.9 Å². The quantitative estimate of drug-likeness (QED) is 0.597. The first-order chi connectivity index (χ1) is 12.0. The minimum absolute atomic E-state index is 0.0257. The van der Waals surface area contributed by atoms with E-state index in [-0.39, 0.29) is 29.5 Å². The van der Waals surface area contributed by atoms with E-state index in [4.69, 9.17) is 4.74 Å². The highest BCUT2D eigenvalue weighted by Crippen LogP contribution is 2.26. The average Bonchev–Trinajstić information content (AvgIpc) is 2.58. The molecule has 128 valence electrons. The first kappa shape index (κ1) is 18.0. The van der Waals surface area contributed by atoms with E-state index in [9.17, 15) is 19.8 Å². The van der Waals surface area contributed by atoms with Gasteiger partial charge in [0.05, 0.1) is 13.5 Å². The van der Waals surface area contributed by atoms with Gasteiger partial charge >= 0.3 is 0 Å². The van der Waals surface area contributed by atoms with Gasteiger partial charge in [-0.3, -0.25) is 9.59 Å². The Hall–Kier alpha value is -3.34. The second-order valence-corrected chi connectivity index (χ2v) is 5.30. The Kier molecular flexibility index (Phi) is 6.12. The zero-order valence-electron chi connectivity index (χ0n) is 13.7. The number of methoxy groups -OCH3 is 1. The highest BCUT2D eigenvalue weighted by Gasteiger charge is 2.05. The van der Waals surface area contributed by atoms with Crippen LogP contribution in [0.3, 0.4) is 0 Å². The molecule has 0 fully saturated rings. The second kappa shape index (κ2) is 8.49. The van der Waals surface area contributed by atoms with Crippen LogP contribution < -0.4 is 4.74 Å². The molecule has 0 radical (unpaired) electrons. The second-order valence-electron chi connectivity index (χ2n) is 5.30. The van der Waals surface area contributed by atoms with Crippen LogP contribution in [0.1, 0.15) is 17.5 Å². The Balaban J connectivity index is 1.93. The van der Waals surface area contributed by atoms with Crippen LogP contribution in [0.5, 0.6) is 17.2 Å². The Bertz CT molecular complexity index is 834. The Morgan fingerprint density at radius 3 is 2.16 bits per heavy atom. The molecule has 0 aliphatic heterocycles. The van der Waals surface area contributed by atoms with Gasteiger partial charge in [0.1, 0.15) is 5.75 Å². The fourth-order valence-corrected chi connectivity index (χ4v) is 2.11. The fraction of sp³-hybridized carbons (Fsp3) is 0.100. The molecule has 0 saturated carbocycles. The SMILES string of the molecule is COc1ccc(C=CC(=O)CC(=O)C=Cc2cccc(O)c2)cc1O. The number of ketones is 2. The van der Waals surface area contributed by atoms with Crippen LogP contribution in [-0.4, -0.2) is 28.9 Å². The monoisotopic (exact) mass is 338 g/mol. The number of hydrogen-bond donors (Lipinski definition) is 2. The molecule has 2 rings (SSSR count). The van der Waals surface area contributed by atoms with Gasteiger partial charge in [-0.05, 0) is 47.5 Å². The van der Waals surface area contributed by atoms with E-state index in [1.54, 1.807) is 30.3 Å². The summed E-state index contributed by atoms with van der Waals surface area (Å²) in [5, 5.41) is 19.0. The molecule has 0 spiro atoms. The van der Waals surface area contributed by atoms with Crippen LogP contribution >= 0.6 is 0 Å². The van der Waals surface area contributed by atoms with E-state index in [0.29, 0.717) is 16.9 Å². The number of phenolic OH excluding ortho intramolecular Hbond substituents is 2. The molecule has 0 bridgehead atoms. The molecule has 0 unspecified atom stereocenters. The van der Waals surface area contributed by atoms with Crippen molar-refractivity contribution in [2.75, 3.05) is 7.11 Å². The molecule has 0 saturated heterocycles. The molecule has 2 aromatic carbocycles. The molecule has 5 heteroatoms. The third-order valence-electron chi connectivity index (χ3n) is 3.34. The molecule has 0 aliphatic rings. The summed E-state index contributed by atoms with van der Waals surface area (Å²) in [6.07, 6.45) is 5.41. The summed E-state index contributed by atoms with van der Waals surface area (Å²) >= 11 is 0. The van der Waals surface area contributed by atoms with E-state index < -0.39 is 0 Å². The smallest absolute Gasteiger partial charge is 0.163 e. The summed E-state index contributed by atoms with van der Waals surface area (Å²) in [5.41, 5.74) is 1.29. The molecule has 0 amide bonds. The third-order valence-corrected chi connectivity index (χ3v) is 3.34. The topological polar surface area (TPSA) is 83.8 Å². The van der Waals surface area contributed by atoms with E-state index in [0.717, 1.165) is 0 Å². The average molecular weight is 338 g/mol. The molecule has 0 heterocycles. The number of benzene rings is 2. The van der Waals surface area contributed by atoms with Crippen molar-refractivity contribution >= 4 is 23.7 Å². The lowest BCUT2D eigenvalue weighted by Gasteiger charge is -2.03. The largest absolute Gasteiger partial charge is 0.508 e. The van der Waals surface area contributed by atoms with E-state index >= 15 is 0 Å². The van der Waals surface area contributed by atoms with E-state index in [2.05, 4.69) is 0 Å². The van der Waals surface area contributed by atoms with Crippen molar-refractivity contribution in [2.24, 2.45) is 0 Å². The Morgan fingerprint density at radius 2 is 1.60 bits per heavy atom. The van der Waals surface area contributed by atoms with Gasteiger partial charge in [-0.2, -0.15) is 0 Å². The molecule has 0 aromatic heterocycles. The van der Waals surface area contributed by atoms with E-state index in [1.165, 1.54) is 43.5 Å². The summed E-state index contributed by atoms with van der Waals surface area (Å²) < 4.78 is 4.94. The van der Waals surface area contributed by atoms with Gasteiger partial charge in [-0.25, -0.2) is 0 Å². The van der Waals surface area contributed by atoms with Gasteiger partial charge in [0.2, 0.25) is 0 Å². The number of allylic oxidation sites excluding steroid dienone is 2. The normalized spacial score (nSPS) is 11.1. The number of phenols is 2. The van der Waals surface area contributed by atoms with Gasteiger partial charge in [0, 0.05) is 0 Å². The fourth-order valence-electron chi connectivity index (χ4n) is 2.11. The van der Waals surface area contributed by atoms with Crippen LogP contribution in [0.2, 0.25) is 0 Å².